The average Bonchev–Trinajstić information content (AvgIpc) is 2.84. The Morgan fingerprint density at radius 3 is 2.82 bits per heavy atom. The summed E-state index contributed by atoms with van der Waals surface area (Å²) in [4.78, 5) is 12.0. The fourth-order valence-electron chi connectivity index (χ4n) is 2.33. The molecule has 0 aliphatic rings. The van der Waals surface area contributed by atoms with E-state index in [1.54, 1.807) is 6.07 Å². The molecular formula is C15H14Cl2N4O. The highest BCUT2D eigenvalue weighted by Gasteiger charge is 2.07. The lowest BCUT2D eigenvalue weighted by Gasteiger charge is -2.06. The quantitative estimate of drug-likeness (QED) is 0.794. The van der Waals surface area contributed by atoms with Gasteiger partial charge in [-0.3, -0.25) is 9.89 Å². The van der Waals surface area contributed by atoms with Gasteiger partial charge in [-0.2, -0.15) is 10.2 Å². The van der Waals surface area contributed by atoms with Crippen LogP contribution in [0, 0.1) is 6.92 Å². The van der Waals surface area contributed by atoms with E-state index < -0.39 is 0 Å². The number of aromatic amines is 1. The number of benzene rings is 1. The maximum atomic E-state index is 12.0. The third-order valence-corrected chi connectivity index (χ3v) is 4.24. The second-order valence-corrected chi connectivity index (χ2v) is 5.94. The van der Waals surface area contributed by atoms with Crippen LogP contribution in [-0.2, 0) is 13.0 Å². The van der Waals surface area contributed by atoms with Crippen LogP contribution in [0.25, 0.3) is 11.0 Å². The van der Waals surface area contributed by atoms with Crippen molar-refractivity contribution >= 4 is 34.2 Å². The minimum atomic E-state index is -0.134. The van der Waals surface area contributed by atoms with Gasteiger partial charge >= 0.3 is 0 Å². The molecule has 5 nitrogen and oxygen atoms in total. The first-order valence-corrected chi connectivity index (χ1v) is 7.67. The Hall–Kier alpha value is -1.85. The number of aromatic nitrogens is 4. The van der Waals surface area contributed by atoms with Gasteiger partial charge in [-0.05, 0) is 37.5 Å². The molecule has 114 valence electrons. The molecule has 0 saturated carbocycles. The maximum absolute atomic E-state index is 12.0. The van der Waals surface area contributed by atoms with Gasteiger partial charge in [-0.15, -0.1) is 0 Å². The highest BCUT2D eigenvalue weighted by atomic mass is 35.5. The van der Waals surface area contributed by atoms with Gasteiger partial charge in [-0.1, -0.05) is 29.3 Å². The summed E-state index contributed by atoms with van der Waals surface area (Å²) in [5.74, 6) is 0. The van der Waals surface area contributed by atoms with Gasteiger partial charge in [0, 0.05) is 12.6 Å². The molecule has 0 unspecified atom stereocenters. The number of hydrogen-bond donors (Lipinski definition) is 1. The average molecular weight is 337 g/mol. The second-order valence-electron chi connectivity index (χ2n) is 5.13. The van der Waals surface area contributed by atoms with E-state index in [-0.39, 0.29) is 5.56 Å². The molecular weight excluding hydrogens is 323 g/mol. The molecule has 1 N–H and O–H groups in total. The number of nitrogens with one attached hydrogen (secondary N) is 1. The lowest BCUT2D eigenvalue weighted by molar-refractivity contribution is 0.557. The largest absolute Gasteiger partial charge is 0.276 e. The monoisotopic (exact) mass is 336 g/mol. The number of fused-ring (bicyclic) bond motifs is 1. The Bertz CT molecular complexity index is 885. The Balaban J connectivity index is 1.73. The fourth-order valence-corrected chi connectivity index (χ4v) is 2.65. The molecule has 22 heavy (non-hydrogen) atoms. The molecule has 0 atom stereocenters. The number of halogens is 2. The summed E-state index contributed by atoms with van der Waals surface area (Å²) in [7, 11) is 0. The van der Waals surface area contributed by atoms with Crippen molar-refractivity contribution in [3.63, 3.8) is 0 Å². The Morgan fingerprint density at radius 2 is 2.05 bits per heavy atom. The SMILES string of the molecule is Cc1n[nH]c2cc(=O)n(CCCc3ccc(Cl)c(Cl)c3)nc12. The molecule has 0 fully saturated rings. The highest BCUT2D eigenvalue weighted by molar-refractivity contribution is 6.42. The summed E-state index contributed by atoms with van der Waals surface area (Å²) in [6, 6.07) is 7.10. The lowest BCUT2D eigenvalue weighted by Crippen LogP contribution is -2.22. The molecule has 7 heteroatoms. The zero-order chi connectivity index (χ0) is 15.7. The molecule has 0 aliphatic carbocycles. The van der Waals surface area contributed by atoms with Crippen LogP contribution in [0.5, 0.6) is 0 Å². The molecule has 0 saturated heterocycles. The van der Waals surface area contributed by atoms with E-state index in [9.17, 15) is 4.79 Å². The zero-order valence-corrected chi connectivity index (χ0v) is 13.4. The topological polar surface area (TPSA) is 63.6 Å². The van der Waals surface area contributed by atoms with Gasteiger partial charge in [0.1, 0.15) is 5.52 Å². The van der Waals surface area contributed by atoms with Crippen molar-refractivity contribution in [3.05, 3.63) is 55.9 Å². The summed E-state index contributed by atoms with van der Waals surface area (Å²) in [6.07, 6.45) is 1.58. The molecule has 0 aliphatic heterocycles. The van der Waals surface area contributed by atoms with Crippen molar-refractivity contribution in [2.24, 2.45) is 0 Å². The number of hydrogen-bond acceptors (Lipinski definition) is 3. The van der Waals surface area contributed by atoms with E-state index in [1.165, 1.54) is 10.7 Å². The number of H-pyrrole nitrogens is 1. The summed E-state index contributed by atoms with van der Waals surface area (Å²) in [6.45, 7) is 2.40. The minimum absolute atomic E-state index is 0.134. The predicted octanol–water partition coefficient (Wildman–Crippen LogP) is 3.37. The van der Waals surface area contributed by atoms with Crippen LogP contribution in [-0.4, -0.2) is 20.0 Å². The summed E-state index contributed by atoms with van der Waals surface area (Å²) >= 11 is 11.9. The summed E-state index contributed by atoms with van der Waals surface area (Å²) < 4.78 is 1.47. The molecule has 0 radical (unpaired) electrons. The molecule has 2 heterocycles. The van der Waals surface area contributed by atoms with Crippen LogP contribution in [0.2, 0.25) is 10.0 Å². The second kappa shape index (κ2) is 6.10. The van der Waals surface area contributed by atoms with Crippen molar-refractivity contribution in [2.75, 3.05) is 0 Å². The van der Waals surface area contributed by atoms with E-state index in [1.807, 2.05) is 19.1 Å². The van der Waals surface area contributed by atoms with Crippen LogP contribution in [0.15, 0.2) is 29.1 Å². The fraction of sp³-hybridized carbons (Fsp3) is 0.267. The van der Waals surface area contributed by atoms with Gasteiger partial charge < -0.3 is 0 Å². The predicted molar refractivity (Wildman–Crippen MR) is 87.7 cm³/mol. The first-order chi connectivity index (χ1) is 10.5. The van der Waals surface area contributed by atoms with E-state index in [0.29, 0.717) is 22.1 Å². The molecule has 1 aromatic carbocycles. The molecule has 3 rings (SSSR count). The van der Waals surface area contributed by atoms with E-state index in [0.717, 1.165) is 29.6 Å². The maximum Gasteiger partial charge on any atom is 0.268 e. The van der Waals surface area contributed by atoms with Crippen LogP contribution in [0.3, 0.4) is 0 Å². The lowest BCUT2D eigenvalue weighted by atomic mass is 10.1. The van der Waals surface area contributed by atoms with Crippen molar-refractivity contribution in [1.29, 1.82) is 0 Å². The van der Waals surface area contributed by atoms with Gasteiger partial charge in [0.2, 0.25) is 0 Å². The van der Waals surface area contributed by atoms with Gasteiger partial charge in [0.15, 0.2) is 0 Å². The van der Waals surface area contributed by atoms with Crippen molar-refractivity contribution < 1.29 is 0 Å². The highest BCUT2D eigenvalue weighted by Crippen LogP contribution is 2.23. The van der Waals surface area contributed by atoms with Crippen molar-refractivity contribution in [2.45, 2.75) is 26.3 Å². The van der Waals surface area contributed by atoms with Crippen LogP contribution in [0.4, 0.5) is 0 Å². The zero-order valence-electron chi connectivity index (χ0n) is 11.9. The molecule has 3 aromatic rings. The third kappa shape index (κ3) is 3.00. The van der Waals surface area contributed by atoms with E-state index in [2.05, 4.69) is 15.3 Å². The Morgan fingerprint density at radius 1 is 1.23 bits per heavy atom. The first-order valence-electron chi connectivity index (χ1n) is 6.91. The number of nitrogens with zero attached hydrogens (tertiary/aromatic N) is 3. The van der Waals surface area contributed by atoms with Crippen LogP contribution in [0.1, 0.15) is 17.7 Å². The minimum Gasteiger partial charge on any atom is -0.276 e. The van der Waals surface area contributed by atoms with E-state index in [4.69, 9.17) is 23.2 Å². The first kappa shape index (κ1) is 15.1. The molecule has 0 bridgehead atoms. The smallest absolute Gasteiger partial charge is 0.268 e. The number of aryl methyl sites for hydroxylation is 3. The third-order valence-electron chi connectivity index (χ3n) is 3.50. The Kier molecular flexibility index (Phi) is 4.18. The van der Waals surface area contributed by atoms with Gasteiger partial charge in [-0.25, -0.2) is 4.68 Å². The molecule has 0 amide bonds. The van der Waals surface area contributed by atoms with Crippen molar-refractivity contribution in [3.8, 4) is 0 Å². The van der Waals surface area contributed by atoms with Crippen LogP contribution >= 0.6 is 23.2 Å². The standard InChI is InChI=1S/C15H14Cl2N4O/c1-9-15-13(19-18-9)8-14(22)21(20-15)6-2-3-10-4-5-11(16)12(17)7-10/h4-5,7-8,19H,2-3,6H2,1H3. The summed E-state index contributed by atoms with van der Waals surface area (Å²) in [5, 5.41) is 12.3. The molecule has 0 spiro atoms. The van der Waals surface area contributed by atoms with Gasteiger partial charge in [0.25, 0.3) is 5.56 Å². The summed E-state index contributed by atoms with van der Waals surface area (Å²) in [5.41, 5.74) is 3.14. The van der Waals surface area contributed by atoms with Gasteiger partial charge in [0.05, 0.1) is 21.3 Å². The Labute approximate surface area is 136 Å². The normalized spacial score (nSPS) is 11.2. The van der Waals surface area contributed by atoms with E-state index >= 15 is 0 Å². The number of rotatable bonds is 4. The van der Waals surface area contributed by atoms with Crippen LogP contribution < -0.4 is 5.56 Å². The molecule has 2 aromatic heterocycles. The van der Waals surface area contributed by atoms with Crippen molar-refractivity contribution in [1.82, 2.24) is 20.0 Å².